The van der Waals surface area contributed by atoms with Gasteiger partial charge in [0.15, 0.2) is 0 Å². The first-order valence-corrected chi connectivity index (χ1v) is 6.20. The molecule has 0 aliphatic rings. The van der Waals surface area contributed by atoms with E-state index in [4.69, 9.17) is 0 Å². The molecule has 0 saturated carbocycles. The van der Waals surface area contributed by atoms with Crippen LogP contribution in [0.25, 0.3) is 0 Å². The van der Waals surface area contributed by atoms with Gasteiger partial charge in [-0.05, 0) is 63.4 Å². The number of hydrogen-bond acceptors (Lipinski definition) is 2. The van der Waals surface area contributed by atoms with E-state index in [0.717, 1.165) is 6.42 Å². The van der Waals surface area contributed by atoms with Crippen LogP contribution in [0.1, 0.15) is 48.1 Å². The number of hydrogen-bond donors (Lipinski definition) is 1. The highest BCUT2D eigenvalue weighted by Crippen LogP contribution is 2.25. The number of ketones is 1. The van der Waals surface area contributed by atoms with Gasteiger partial charge >= 0.3 is 0 Å². The van der Waals surface area contributed by atoms with Crippen LogP contribution in [0.15, 0.2) is 12.1 Å². The number of carbonyl (C=O) groups is 1. The third-order valence-electron chi connectivity index (χ3n) is 3.61. The molecule has 2 nitrogen and oxygen atoms in total. The molecule has 1 aromatic rings. The molecule has 0 radical (unpaired) electrons. The lowest BCUT2D eigenvalue weighted by molar-refractivity contribution is -0.117. The minimum atomic E-state index is 0.256. The molecule has 0 bridgehead atoms. The van der Waals surface area contributed by atoms with Gasteiger partial charge in [0.05, 0.1) is 0 Å². The van der Waals surface area contributed by atoms with Gasteiger partial charge in [-0.25, -0.2) is 0 Å². The van der Waals surface area contributed by atoms with Crippen LogP contribution in [-0.2, 0) is 4.79 Å². The van der Waals surface area contributed by atoms with Gasteiger partial charge < -0.3 is 10.1 Å². The Bertz CT molecular complexity index is 410. The number of carbonyl (C=O) groups excluding carboxylic acids is 1. The van der Waals surface area contributed by atoms with Crippen LogP contribution in [0.5, 0.6) is 0 Å². The molecule has 17 heavy (non-hydrogen) atoms. The first-order valence-electron chi connectivity index (χ1n) is 6.20. The summed E-state index contributed by atoms with van der Waals surface area (Å²) >= 11 is 0. The van der Waals surface area contributed by atoms with Crippen LogP contribution < -0.4 is 5.32 Å². The molecular weight excluding hydrogens is 210 g/mol. The van der Waals surface area contributed by atoms with Crippen molar-refractivity contribution in [3.05, 3.63) is 34.4 Å². The Hall–Kier alpha value is -1.15. The maximum atomic E-state index is 11.1. The van der Waals surface area contributed by atoms with Crippen molar-refractivity contribution in [1.82, 2.24) is 5.32 Å². The maximum absolute atomic E-state index is 11.1. The summed E-state index contributed by atoms with van der Waals surface area (Å²) in [6.45, 7) is 8.11. The number of benzene rings is 1. The van der Waals surface area contributed by atoms with Crippen molar-refractivity contribution >= 4 is 5.78 Å². The van der Waals surface area contributed by atoms with Crippen LogP contribution in [0.4, 0.5) is 0 Å². The van der Waals surface area contributed by atoms with Crippen LogP contribution >= 0.6 is 0 Å². The molecule has 2 heteroatoms. The van der Waals surface area contributed by atoms with Crippen molar-refractivity contribution in [3.8, 4) is 0 Å². The van der Waals surface area contributed by atoms with Gasteiger partial charge in [0.1, 0.15) is 5.78 Å². The van der Waals surface area contributed by atoms with Crippen LogP contribution in [0.2, 0.25) is 0 Å². The van der Waals surface area contributed by atoms with E-state index in [0.29, 0.717) is 6.42 Å². The molecule has 0 saturated heterocycles. The fourth-order valence-corrected chi connectivity index (χ4v) is 2.16. The average Bonchev–Trinajstić information content (AvgIpc) is 2.29. The number of nitrogens with one attached hydrogen (secondary N) is 1. The van der Waals surface area contributed by atoms with E-state index in [1.807, 2.05) is 7.05 Å². The predicted molar refractivity (Wildman–Crippen MR) is 72.4 cm³/mol. The zero-order valence-electron chi connectivity index (χ0n) is 11.6. The van der Waals surface area contributed by atoms with E-state index in [9.17, 15) is 4.79 Å². The molecule has 1 aromatic carbocycles. The first kappa shape index (κ1) is 13.9. The van der Waals surface area contributed by atoms with Gasteiger partial charge in [0, 0.05) is 12.5 Å². The van der Waals surface area contributed by atoms with E-state index in [-0.39, 0.29) is 11.8 Å². The van der Waals surface area contributed by atoms with Crippen LogP contribution in [0.3, 0.4) is 0 Å². The van der Waals surface area contributed by atoms with E-state index in [2.05, 4.69) is 38.2 Å². The Labute approximate surface area is 104 Å². The number of rotatable bonds is 5. The highest BCUT2D eigenvalue weighted by atomic mass is 16.1. The molecule has 0 aliphatic carbocycles. The van der Waals surface area contributed by atoms with Crippen molar-refractivity contribution in [3.63, 3.8) is 0 Å². The summed E-state index contributed by atoms with van der Waals surface area (Å²) in [7, 11) is 1.96. The highest BCUT2D eigenvalue weighted by Gasteiger charge is 2.14. The van der Waals surface area contributed by atoms with Crippen molar-refractivity contribution in [1.29, 1.82) is 0 Å². The second kappa shape index (κ2) is 5.97. The van der Waals surface area contributed by atoms with Gasteiger partial charge in [0.25, 0.3) is 0 Å². The van der Waals surface area contributed by atoms with Gasteiger partial charge in [-0.2, -0.15) is 0 Å². The molecule has 1 N–H and O–H groups in total. The van der Waals surface area contributed by atoms with E-state index < -0.39 is 0 Å². The molecule has 0 fully saturated rings. The summed E-state index contributed by atoms with van der Waals surface area (Å²) in [5.41, 5.74) is 5.34. The zero-order valence-corrected chi connectivity index (χ0v) is 11.6. The van der Waals surface area contributed by atoms with Gasteiger partial charge in [-0.15, -0.1) is 0 Å². The van der Waals surface area contributed by atoms with E-state index >= 15 is 0 Å². The molecule has 1 unspecified atom stereocenters. The summed E-state index contributed by atoms with van der Waals surface area (Å²) in [4.78, 5) is 11.1. The number of aryl methyl sites for hydroxylation is 1. The van der Waals surface area contributed by atoms with Crippen molar-refractivity contribution in [2.45, 2.75) is 46.6 Å². The summed E-state index contributed by atoms with van der Waals surface area (Å²) in [5.74, 6) is 0.256. The fraction of sp³-hybridized carbons (Fsp3) is 0.533. The Morgan fingerprint density at radius 1 is 1.24 bits per heavy atom. The Morgan fingerprint density at radius 2 is 1.88 bits per heavy atom. The molecular formula is C15H23NO. The molecule has 0 aliphatic heterocycles. The normalized spacial score (nSPS) is 12.5. The van der Waals surface area contributed by atoms with Crippen LogP contribution in [0, 0.1) is 20.8 Å². The van der Waals surface area contributed by atoms with E-state index in [1.165, 1.54) is 22.3 Å². The molecule has 1 atom stereocenters. The SMILES string of the molecule is CNC(CCC(C)=O)c1ccc(C)c(C)c1C. The molecule has 1 rings (SSSR count). The smallest absolute Gasteiger partial charge is 0.129 e. The average molecular weight is 233 g/mol. The molecule has 0 amide bonds. The lowest BCUT2D eigenvalue weighted by atomic mass is 9.92. The third-order valence-corrected chi connectivity index (χ3v) is 3.61. The highest BCUT2D eigenvalue weighted by molar-refractivity contribution is 5.75. The Morgan fingerprint density at radius 3 is 2.41 bits per heavy atom. The van der Waals surface area contributed by atoms with Gasteiger partial charge in [0.2, 0.25) is 0 Å². The molecule has 94 valence electrons. The Kier molecular flexibility index (Phi) is 4.88. The fourth-order valence-electron chi connectivity index (χ4n) is 2.16. The van der Waals surface area contributed by atoms with Crippen molar-refractivity contribution in [2.24, 2.45) is 0 Å². The lowest BCUT2D eigenvalue weighted by Crippen LogP contribution is -2.18. The molecule has 0 spiro atoms. The first-order chi connectivity index (χ1) is 7.97. The minimum Gasteiger partial charge on any atom is -0.313 e. The lowest BCUT2D eigenvalue weighted by Gasteiger charge is -2.20. The predicted octanol–water partition coefficient (Wildman–Crippen LogP) is 3.24. The largest absolute Gasteiger partial charge is 0.313 e. The minimum absolute atomic E-state index is 0.256. The van der Waals surface area contributed by atoms with Gasteiger partial charge in [-0.3, -0.25) is 0 Å². The maximum Gasteiger partial charge on any atom is 0.129 e. The summed E-state index contributed by atoms with van der Waals surface area (Å²) in [6, 6.07) is 4.62. The van der Waals surface area contributed by atoms with Crippen molar-refractivity contribution < 1.29 is 4.79 Å². The quantitative estimate of drug-likeness (QED) is 0.846. The second-order valence-corrected chi connectivity index (χ2v) is 4.80. The van der Waals surface area contributed by atoms with Gasteiger partial charge in [-0.1, -0.05) is 12.1 Å². The number of Topliss-reactive ketones (excluding diaryl/α,β-unsaturated/α-hetero) is 1. The summed E-state index contributed by atoms with van der Waals surface area (Å²) < 4.78 is 0. The van der Waals surface area contributed by atoms with E-state index in [1.54, 1.807) is 6.92 Å². The zero-order chi connectivity index (χ0) is 13.0. The Balaban J connectivity index is 2.96. The summed E-state index contributed by atoms with van der Waals surface area (Å²) in [5, 5.41) is 3.31. The van der Waals surface area contributed by atoms with Crippen molar-refractivity contribution in [2.75, 3.05) is 7.05 Å². The monoisotopic (exact) mass is 233 g/mol. The molecule has 0 aromatic heterocycles. The third kappa shape index (κ3) is 3.40. The standard InChI is InChI=1S/C15H23NO/c1-10-6-8-14(13(4)12(10)3)15(16-5)9-7-11(2)17/h6,8,15-16H,7,9H2,1-5H3. The second-order valence-electron chi connectivity index (χ2n) is 4.80. The van der Waals surface area contributed by atoms with Crippen LogP contribution in [-0.4, -0.2) is 12.8 Å². The summed E-state index contributed by atoms with van der Waals surface area (Å²) in [6.07, 6.45) is 1.51. The molecule has 0 heterocycles. The topological polar surface area (TPSA) is 29.1 Å².